The molecule has 14 heavy (non-hydrogen) atoms. The van der Waals surface area contributed by atoms with Crippen molar-refractivity contribution >= 4 is 12.6 Å². The summed E-state index contributed by atoms with van der Waals surface area (Å²) >= 11 is 0. The minimum Gasteiger partial charge on any atom is -0.303 e. The molecule has 0 fully saturated rings. The molecule has 0 spiro atoms. The Balaban J connectivity index is 3.13. The molecule has 0 heterocycles. The van der Waals surface area contributed by atoms with Gasteiger partial charge in [-0.3, -0.25) is 0 Å². The molecule has 0 aliphatic carbocycles. The van der Waals surface area contributed by atoms with Crippen molar-refractivity contribution in [3.05, 3.63) is 0 Å². The van der Waals surface area contributed by atoms with Gasteiger partial charge in [0.1, 0.15) is 12.6 Å². The van der Waals surface area contributed by atoms with Crippen LogP contribution in [0, 0.1) is 11.8 Å². The highest BCUT2D eigenvalue weighted by atomic mass is 16.1. The SMILES string of the molecule is CC(C=O)CCCCCCC(C)C=O. The number of unbranched alkanes of at least 4 members (excludes halogenated alkanes) is 3. The summed E-state index contributed by atoms with van der Waals surface area (Å²) in [5, 5.41) is 0. The molecule has 0 amide bonds. The Bertz CT molecular complexity index is 136. The molecular weight excluding hydrogens is 176 g/mol. The van der Waals surface area contributed by atoms with Gasteiger partial charge in [0, 0.05) is 11.8 Å². The van der Waals surface area contributed by atoms with E-state index in [4.69, 9.17) is 0 Å². The van der Waals surface area contributed by atoms with E-state index in [0.29, 0.717) is 0 Å². The zero-order chi connectivity index (χ0) is 10.8. The van der Waals surface area contributed by atoms with Crippen molar-refractivity contribution in [2.45, 2.75) is 52.4 Å². The van der Waals surface area contributed by atoms with Crippen LogP contribution in [0.3, 0.4) is 0 Å². The van der Waals surface area contributed by atoms with Crippen LogP contribution in [0.5, 0.6) is 0 Å². The fourth-order valence-electron chi connectivity index (χ4n) is 1.42. The van der Waals surface area contributed by atoms with E-state index in [1.807, 2.05) is 13.8 Å². The Labute approximate surface area is 87.1 Å². The van der Waals surface area contributed by atoms with Gasteiger partial charge in [0.25, 0.3) is 0 Å². The third kappa shape index (κ3) is 7.96. The van der Waals surface area contributed by atoms with Gasteiger partial charge in [0.2, 0.25) is 0 Å². The molecule has 0 radical (unpaired) electrons. The molecule has 2 heteroatoms. The first-order valence-corrected chi connectivity index (χ1v) is 5.61. The molecule has 0 aromatic heterocycles. The van der Waals surface area contributed by atoms with Crippen LogP contribution in [0.4, 0.5) is 0 Å². The highest BCUT2D eigenvalue weighted by Crippen LogP contribution is 2.12. The highest BCUT2D eigenvalue weighted by molar-refractivity contribution is 5.52. The Hall–Kier alpha value is -0.660. The van der Waals surface area contributed by atoms with E-state index in [-0.39, 0.29) is 11.8 Å². The van der Waals surface area contributed by atoms with Crippen LogP contribution < -0.4 is 0 Å². The molecule has 0 aliphatic rings. The Kier molecular flexibility index (Phi) is 8.50. The fraction of sp³-hybridized carbons (Fsp3) is 0.833. The van der Waals surface area contributed by atoms with Gasteiger partial charge in [-0.05, 0) is 12.8 Å². The van der Waals surface area contributed by atoms with E-state index >= 15 is 0 Å². The van der Waals surface area contributed by atoms with Crippen LogP contribution in [0.15, 0.2) is 0 Å². The lowest BCUT2D eigenvalue weighted by atomic mass is 10.0. The summed E-state index contributed by atoms with van der Waals surface area (Å²) in [5.41, 5.74) is 0. The van der Waals surface area contributed by atoms with Crippen molar-refractivity contribution in [2.75, 3.05) is 0 Å². The molecule has 0 aromatic carbocycles. The van der Waals surface area contributed by atoms with Crippen LogP contribution in [-0.4, -0.2) is 12.6 Å². The fourth-order valence-corrected chi connectivity index (χ4v) is 1.42. The van der Waals surface area contributed by atoms with Crippen LogP contribution >= 0.6 is 0 Å². The van der Waals surface area contributed by atoms with Gasteiger partial charge < -0.3 is 9.59 Å². The summed E-state index contributed by atoms with van der Waals surface area (Å²) in [4.78, 5) is 20.6. The third-order valence-corrected chi connectivity index (χ3v) is 2.53. The average Bonchev–Trinajstić information content (AvgIpc) is 2.22. The lowest BCUT2D eigenvalue weighted by Crippen LogP contribution is -1.96. The number of hydrogen-bond donors (Lipinski definition) is 0. The zero-order valence-corrected chi connectivity index (χ0v) is 9.37. The Morgan fingerprint density at radius 2 is 1.14 bits per heavy atom. The van der Waals surface area contributed by atoms with Crippen LogP contribution in [0.2, 0.25) is 0 Å². The third-order valence-electron chi connectivity index (χ3n) is 2.53. The number of carbonyl (C=O) groups excluding carboxylic acids is 2. The summed E-state index contributed by atoms with van der Waals surface area (Å²) < 4.78 is 0. The molecule has 82 valence electrons. The van der Waals surface area contributed by atoms with Crippen molar-refractivity contribution in [2.24, 2.45) is 11.8 Å². The molecule has 0 aromatic rings. The summed E-state index contributed by atoms with van der Waals surface area (Å²) in [5.74, 6) is 0.424. The molecule has 2 atom stereocenters. The van der Waals surface area contributed by atoms with Gasteiger partial charge in [-0.25, -0.2) is 0 Å². The number of hydrogen-bond acceptors (Lipinski definition) is 2. The monoisotopic (exact) mass is 198 g/mol. The minimum absolute atomic E-state index is 0.212. The predicted octanol–water partition coefficient (Wildman–Crippen LogP) is 3.00. The number of carbonyl (C=O) groups is 2. The van der Waals surface area contributed by atoms with Gasteiger partial charge in [-0.2, -0.15) is 0 Å². The standard InChI is InChI=1S/C12H22O2/c1-11(9-13)7-5-3-4-6-8-12(2)10-14/h9-12H,3-8H2,1-2H3. The maximum Gasteiger partial charge on any atom is 0.122 e. The molecule has 2 unspecified atom stereocenters. The molecule has 0 N–H and O–H groups in total. The highest BCUT2D eigenvalue weighted by Gasteiger charge is 2.00. The lowest BCUT2D eigenvalue weighted by Gasteiger charge is -2.04. The Morgan fingerprint density at radius 1 is 0.786 bits per heavy atom. The van der Waals surface area contributed by atoms with Crippen molar-refractivity contribution in [1.82, 2.24) is 0 Å². The summed E-state index contributed by atoms with van der Waals surface area (Å²) in [6.07, 6.45) is 8.70. The smallest absolute Gasteiger partial charge is 0.122 e. The quantitative estimate of drug-likeness (QED) is 0.421. The van der Waals surface area contributed by atoms with Gasteiger partial charge in [-0.15, -0.1) is 0 Å². The second kappa shape index (κ2) is 8.92. The lowest BCUT2D eigenvalue weighted by molar-refractivity contribution is -0.111. The van der Waals surface area contributed by atoms with Gasteiger partial charge in [0.05, 0.1) is 0 Å². The zero-order valence-electron chi connectivity index (χ0n) is 9.37. The van der Waals surface area contributed by atoms with Gasteiger partial charge in [-0.1, -0.05) is 39.5 Å². The topological polar surface area (TPSA) is 34.1 Å². The van der Waals surface area contributed by atoms with E-state index in [1.165, 1.54) is 12.8 Å². The maximum atomic E-state index is 10.3. The minimum atomic E-state index is 0.212. The molecule has 0 bridgehead atoms. The second-order valence-corrected chi connectivity index (χ2v) is 4.22. The molecule has 2 nitrogen and oxygen atoms in total. The average molecular weight is 198 g/mol. The van der Waals surface area contributed by atoms with E-state index < -0.39 is 0 Å². The first kappa shape index (κ1) is 13.3. The van der Waals surface area contributed by atoms with Crippen molar-refractivity contribution in [3.63, 3.8) is 0 Å². The largest absolute Gasteiger partial charge is 0.303 e. The Morgan fingerprint density at radius 3 is 1.43 bits per heavy atom. The predicted molar refractivity (Wildman–Crippen MR) is 58.2 cm³/mol. The van der Waals surface area contributed by atoms with E-state index in [1.54, 1.807) is 0 Å². The van der Waals surface area contributed by atoms with Gasteiger partial charge in [0.15, 0.2) is 0 Å². The summed E-state index contributed by atoms with van der Waals surface area (Å²) in [6, 6.07) is 0. The molecule has 0 saturated heterocycles. The van der Waals surface area contributed by atoms with E-state index in [2.05, 4.69) is 0 Å². The number of aldehydes is 2. The normalized spacial score (nSPS) is 14.7. The second-order valence-electron chi connectivity index (χ2n) is 4.22. The van der Waals surface area contributed by atoms with Crippen molar-refractivity contribution in [1.29, 1.82) is 0 Å². The summed E-state index contributed by atoms with van der Waals surface area (Å²) in [7, 11) is 0. The van der Waals surface area contributed by atoms with E-state index in [9.17, 15) is 9.59 Å². The maximum absolute atomic E-state index is 10.3. The van der Waals surface area contributed by atoms with Crippen molar-refractivity contribution in [3.8, 4) is 0 Å². The first-order valence-electron chi connectivity index (χ1n) is 5.61. The van der Waals surface area contributed by atoms with Crippen LogP contribution in [-0.2, 0) is 9.59 Å². The first-order chi connectivity index (χ1) is 6.70. The van der Waals surface area contributed by atoms with Crippen molar-refractivity contribution < 1.29 is 9.59 Å². The molecule has 0 aliphatic heterocycles. The van der Waals surface area contributed by atoms with E-state index in [0.717, 1.165) is 38.3 Å². The van der Waals surface area contributed by atoms with Crippen LogP contribution in [0.25, 0.3) is 0 Å². The molecular formula is C12H22O2. The summed E-state index contributed by atoms with van der Waals surface area (Å²) in [6.45, 7) is 3.92. The molecule has 0 rings (SSSR count). The number of rotatable bonds is 9. The van der Waals surface area contributed by atoms with Gasteiger partial charge >= 0.3 is 0 Å². The van der Waals surface area contributed by atoms with Crippen LogP contribution in [0.1, 0.15) is 52.4 Å². The molecule has 0 saturated carbocycles.